The molecule has 0 heterocycles. The Hall–Kier alpha value is -2.20. The van der Waals surface area contributed by atoms with Gasteiger partial charge in [0.05, 0.1) is 12.5 Å². The van der Waals surface area contributed by atoms with Gasteiger partial charge in [-0.2, -0.15) is 0 Å². The van der Waals surface area contributed by atoms with Crippen molar-refractivity contribution in [2.24, 2.45) is 0 Å². The van der Waals surface area contributed by atoms with Gasteiger partial charge in [0.1, 0.15) is 12.4 Å². The van der Waals surface area contributed by atoms with Gasteiger partial charge in [0.15, 0.2) is 0 Å². The van der Waals surface area contributed by atoms with Crippen molar-refractivity contribution in [1.29, 1.82) is 0 Å². The predicted octanol–water partition coefficient (Wildman–Crippen LogP) is 4.11. The summed E-state index contributed by atoms with van der Waals surface area (Å²) in [7, 11) is 0. The van der Waals surface area contributed by atoms with Gasteiger partial charge in [-0.15, -0.1) is 12.4 Å². The molecule has 1 atom stereocenters. The molecular weight excluding hydrogens is 348 g/mol. The molecule has 0 aromatic heterocycles. The maximum Gasteiger partial charge on any atom is 0.224 e. The minimum Gasteiger partial charge on any atom is -0.491 e. The van der Waals surface area contributed by atoms with Crippen LogP contribution < -0.4 is 15.8 Å². The van der Waals surface area contributed by atoms with Gasteiger partial charge in [-0.3, -0.25) is 4.79 Å². The van der Waals surface area contributed by atoms with Crippen LogP contribution in [0.2, 0.25) is 0 Å². The van der Waals surface area contributed by atoms with Crippen LogP contribution in [-0.4, -0.2) is 18.6 Å². The van der Waals surface area contributed by atoms with Crippen LogP contribution in [0.25, 0.3) is 0 Å². The summed E-state index contributed by atoms with van der Waals surface area (Å²) < 4.78 is 5.77. The first kappa shape index (κ1) is 21.8. The Kier molecular flexibility index (Phi) is 7.97. The highest BCUT2D eigenvalue weighted by atomic mass is 35.5. The summed E-state index contributed by atoms with van der Waals surface area (Å²) >= 11 is 0. The van der Waals surface area contributed by atoms with Gasteiger partial charge in [-0.05, 0) is 47.7 Å². The highest BCUT2D eigenvalue weighted by Crippen LogP contribution is 2.24. The fourth-order valence-corrected chi connectivity index (χ4v) is 2.46. The van der Waals surface area contributed by atoms with Crippen molar-refractivity contribution in [2.45, 2.75) is 45.6 Å². The number of carbonyl (C=O) groups excluding carboxylic acids is 1. The smallest absolute Gasteiger partial charge is 0.224 e. The maximum absolute atomic E-state index is 12.1. The minimum atomic E-state index is -0.0661. The Bertz CT molecular complexity index is 691. The number of hydrogen-bond acceptors (Lipinski definition) is 3. The highest BCUT2D eigenvalue weighted by molar-refractivity contribution is 5.85. The van der Waals surface area contributed by atoms with Crippen LogP contribution in [0.1, 0.15) is 38.8 Å². The normalized spacial score (nSPS) is 12.0. The number of amides is 1. The maximum atomic E-state index is 12.1. The van der Waals surface area contributed by atoms with E-state index < -0.39 is 0 Å². The summed E-state index contributed by atoms with van der Waals surface area (Å²) in [5, 5.41) is 2.95. The largest absolute Gasteiger partial charge is 0.491 e. The van der Waals surface area contributed by atoms with Crippen LogP contribution in [0, 0.1) is 0 Å². The van der Waals surface area contributed by atoms with E-state index >= 15 is 0 Å². The predicted molar refractivity (Wildman–Crippen MR) is 110 cm³/mol. The third kappa shape index (κ3) is 6.96. The van der Waals surface area contributed by atoms with Crippen molar-refractivity contribution in [3.8, 4) is 5.75 Å². The monoisotopic (exact) mass is 376 g/mol. The van der Waals surface area contributed by atoms with E-state index in [2.05, 4.69) is 38.2 Å². The summed E-state index contributed by atoms with van der Waals surface area (Å²) in [6.45, 7) is 8.91. The molecule has 0 radical (unpaired) electrons. The van der Waals surface area contributed by atoms with Gasteiger partial charge in [0.25, 0.3) is 0 Å². The lowest BCUT2D eigenvalue weighted by molar-refractivity contribution is -0.121. The molecule has 0 saturated heterocycles. The van der Waals surface area contributed by atoms with Crippen LogP contribution in [0.5, 0.6) is 5.75 Å². The van der Waals surface area contributed by atoms with Crippen molar-refractivity contribution in [3.63, 3.8) is 0 Å². The molecule has 3 N–H and O–H groups in total. The molecule has 0 bridgehead atoms. The number of ether oxygens (including phenoxy) is 1. The lowest BCUT2D eigenvalue weighted by Gasteiger charge is -2.20. The zero-order chi connectivity index (χ0) is 18.4. The molecule has 1 amide bonds. The first-order valence-electron chi connectivity index (χ1n) is 8.61. The summed E-state index contributed by atoms with van der Waals surface area (Å²) in [5.74, 6) is 0.789. The molecule has 26 heavy (non-hydrogen) atoms. The van der Waals surface area contributed by atoms with E-state index in [1.807, 2.05) is 31.2 Å². The second kappa shape index (κ2) is 9.48. The first-order chi connectivity index (χ1) is 11.7. The molecule has 4 nitrogen and oxygen atoms in total. The van der Waals surface area contributed by atoms with E-state index in [1.165, 1.54) is 5.56 Å². The summed E-state index contributed by atoms with van der Waals surface area (Å²) in [4.78, 5) is 12.1. The molecule has 0 aliphatic rings. The van der Waals surface area contributed by atoms with E-state index in [9.17, 15) is 4.79 Å². The molecular formula is C21H29ClN2O2. The molecule has 2 aromatic carbocycles. The molecule has 1 unspecified atom stereocenters. The second-order valence-electron chi connectivity index (χ2n) is 7.47. The third-order valence-electron chi connectivity index (χ3n) is 3.97. The quantitative estimate of drug-likeness (QED) is 0.745. The molecule has 5 heteroatoms. The Morgan fingerprint density at radius 2 is 1.65 bits per heavy atom. The molecule has 0 saturated carbocycles. The zero-order valence-corrected chi connectivity index (χ0v) is 16.7. The Balaban J connectivity index is 0.00000338. The molecule has 142 valence electrons. The number of nitrogens with one attached hydrogen (secondary N) is 1. The lowest BCUT2D eigenvalue weighted by atomic mass is 9.87. The highest BCUT2D eigenvalue weighted by Gasteiger charge is 2.13. The average molecular weight is 377 g/mol. The summed E-state index contributed by atoms with van der Waals surface area (Å²) in [6, 6.07) is 15.4. The lowest BCUT2D eigenvalue weighted by Crippen LogP contribution is -2.37. The molecule has 2 rings (SSSR count). The number of benzene rings is 2. The fourth-order valence-electron chi connectivity index (χ4n) is 2.46. The number of nitrogen functional groups attached to an aromatic ring is 1. The topological polar surface area (TPSA) is 64.3 Å². The first-order valence-corrected chi connectivity index (χ1v) is 8.61. The SMILES string of the molecule is CC(COc1ccc(C(C)(C)C)cc1)NC(=O)Cc1ccc(N)cc1.Cl. The van der Waals surface area contributed by atoms with E-state index in [0.717, 1.165) is 11.3 Å². The van der Waals surface area contributed by atoms with Crippen LogP contribution in [0.15, 0.2) is 48.5 Å². The zero-order valence-electron chi connectivity index (χ0n) is 15.9. The van der Waals surface area contributed by atoms with Crippen LogP contribution >= 0.6 is 12.4 Å². The van der Waals surface area contributed by atoms with E-state index in [0.29, 0.717) is 18.7 Å². The molecule has 0 spiro atoms. The van der Waals surface area contributed by atoms with Crippen molar-refractivity contribution in [2.75, 3.05) is 12.3 Å². The van der Waals surface area contributed by atoms with E-state index in [1.54, 1.807) is 12.1 Å². The van der Waals surface area contributed by atoms with Gasteiger partial charge >= 0.3 is 0 Å². The third-order valence-corrected chi connectivity index (χ3v) is 3.97. The van der Waals surface area contributed by atoms with Gasteiger partial charge in [0, 0.05) is 5.69 Å². The van der Waals surface area contributed by atoms with Crippen LogP contribution in [-0.2, 0) is 16.6 Å². The second-order valence-corrected chi connectivity index (χ2v) is 7.47. The number of halogens is 1. The van der Waals surface area contributed by atoms with Gasteiger partial charge in [-0.1, -0.05) is 45.0 Å². The Labute approximate surface area is 162 Å². The van der Waals surface area contributed by atoms with Crippen LogP contribution in [0.3, 0.4) is 0 Å². The summed E-state index contributed by atoms with van der Waals surface area (Å²) in [6.07, 6.45) is 0.338. The van der Waals surface area contributed by atoms with Gasteiger partial charge < -0.3 is 15.8 Å². The number of hydrogen-bond donors (Lipinski definition) is 2. The van der Waals surface area contributed by atoms with Crippen molar-refractivity contribution < 1.29 is 9.53 Å². The molecule has 0 fully saturated rings. The number of rotatable bonds is 6. The molecule has 0 aliphatic carbocycles. The van der Waals surface area contributed by atoms with Gasteiger partial charge in [-0.25, -0.2) is 0 Å². The molecule has 0 aliphatic heterocycles. The van der Waals surface area contributed by atoms with Crippen molar-refractivity contribution >= 4 is 24.0 Å². The van der Waals surface area contributed by atoms with E-state index in [4.69, 9.17) is 10.5 Å². The van der Waals surface area contributed by atoms with Crippen LogP contribution in [0.4, 0.5) is 5.69 Å². The number of nitrogens with two attached hydrogens (primary N) is 1. The number of carbonyl (C=O) groups is 1. The Morgan fingerprint density at radius 3 is 2.19 bits per heavy atom. The fraction of sp³-hybridized carbons (Fsp3) is 0.381. The molecule has 2 aromatic rings. The minimum absolute atomic E-state index is 0. The Morgan fingerprint density at radius 1 is 1.08 bits per heavy atom. The summed E-state index contributed by atoms with van der Waals surface area (Å²) in [5.41, 5.74) is 8.68. The average Bonchev–Trinajstić information content (AvgIpc) is 2.54. The number of anilines is 1. The van der Waals surface area contributed by atoms with Crippen molar-refractivity contribution in [1.82, 2.24) is 5.32 Å². The van der Waals surface area contributed by atoms with Crippen molar-refractivity contribution in [3.05, 3.63) is 59.7 Å². The van der Waals surface area contributed by atoms with E-state index in [-0.39, 0.29) is 29.8 Å². The van der Waals surface area contributed by atoms with Gasteiger partial charge in [0.2, 0.25) is 5.91 Å². The standard InChI is InChI=1S/C21H28N2O2.ClH/c1-15(23-20(24)13-16-5-9-18(22)10-6-16)14-25-19-11-7-17(8-12-19)21(2,3)4;/h5-12,15H,13-14,22H2,1-4H3,(H,23,24);1H.